The summed E-state index contributed by atoms with van der Waals surface area (Å²) in [6.07, 6.45) is 0. The molecule has 0 saturated heterocycles. The molecule has 108 valence electrons. The molecule has 19 heavy (non-hydrogen) atoms. The Hall–Kier alpha value is -1.54. The first-order valence-corrected chi connectivity index (χ1v) is 6.25. The van der Waals surface area contributed by atoms with Crippen LogP contribution in [0.2, 0.25) is 0 Å². The highest BCUT2D eigenvalue weighted by molar-refractivity contribution is 7.78. The van der Waals surface area contributed by atoms with Crippen LogP contribution in [-0.4, -0.2) is 28.6 Å². The fourth-order valence-electron chi connectivity index (χ4n) is 0.943. The number of aliphatic imine (C=N–C) groups is 1. The molecule has 1 heterocycles. The van der Waals surface area contributed by atoms with Crippen LogP contribution in [0.4, 0.5) is 0 Å². The predicted molar refractivity (Wildman–Crippen MR) is 77.3 cm³/mol. The number of hydrogen-bond acceptors (Lipinski definition) is 5. The maximum absolute atomic E-state index is 10.3. The molecule has 1 aromatic heterocycles. The molecule has 0 bridgehead atoms. The van der Waals surface area contributed by atoms with E-state index in [-0.39, 0.29) is 5.92 Å². The van der Waals surface area contributed by atoms with Gasteiger partial charge in [0.25, 0.3) is 0 Å². The second kappa shape index (κ2) is 9.40. The largest absolute Gasteiger partial charge is 0.434 e. The van der Waals surface area contributed by atoms with Crippen LogP contribution >= 0.6 is 12.2 Å². The Labute approximate surface area is 117 Å². The first-order chi connectivity index (χ1) is 8.92. The normalized spacial score (nSPS) is 11.2. The van der Waals surface area contributed by atoms with Crippen molar-refractivity contribution in [3.05, 3.63) is 16.4 Å². The Morgan fingerprint density at radius 3 is 2.42 bits per heavy atom. The molecule has 0 atom stereocenters. The molecule has 1 aromatic rings. The third kappa shape index (κ3) is 7.47. The summed E-state index contributed by atoms with van der Waals surface area (Å²) in [5.74, 6) is 1.19. The number of nitrogens with zero attached hydrogens (tertiary/aromatic N) is 2. The highest BCUT2D eigenvalue weighted by atomic mass is 32.1. The van der Waals surface area contributed by atoms with E-state index in [0.29, 0.717) is 11.8 Å². The predicted octanol–water partition coefficient (Wildman–Crippen LogP) is 1.64. The third-order valence-corrected chi connectivity index (χ3v) is 2.00. The van der Waals surface area contributed by atoms with Gasteiger partial charge in [-0.15, -0.1) is 5.10 Å². The van der Waals surface area contributed by atoms with Crippen LogP contribution < -0.4 is 11.2 Å². The summed E-state index contributed by atoms with van der Waals surface area (Å²) in [4.78, 5) is 18.9. The van der Waals surface area contributed by atoms with Gasteiger partial charge in [0.2, 0.25) is 5.89 Å². The molecule has 8 heteroatoms. The Bertz CT molecular complexity index is 451. The lowest BCUT2D eigenvalue weighted by Crippen LogP contribution is -2.27. The van der Waals surface area contributed by atoms with E-state index in [1.807, 2.05) is 27.7 Å². The molecular formula is C11H20N4O3S. The van der Waals surface area contributed by atoms with E-state index >= 15 is 0 Å². The number of hydrogen-bond donors (Lipinski definition) is 2. The topological polar surface area (TPSA) is 92.5 Å². The van der Waals surface area contributed by atoms with Gasteiger partial charge in [0.15, 0.2) is 0 Å². The van der Waals surface area contributed by atoms with E-state index in [9.17, 15) is 4.79 Å². The quantitative estimate of drug-likeness (QED) is 0.379. The van der Waals surface area contributed by atoms with Crippen molar-refractivity contribution in [3.63, 3.8) is 0 Å². The van der Waals surface area contributed by atoms with E-state index in [4.69, 9.17) is 0 Å². The van der Waals surface area contributed by atoms with E-state index in [2.05, 4.69) is 42.1 Å². The molecule has 0 aliphatic rings. The van der Waals surface area contributed by atoms with Gasteiger partial charge in [-0.1, -0.05) is 39.9 Å². The summed E-state index contributed by atoms with van der Waals surface area (Å²) in [5, 5.41) is 5.79. The van der Waals surface area contributed by atoms with Crippen molar-refractivity contribution in [1.82, 2.24) is 15.7 Å². The number of rotatable bonds is 4. The summed E-state index contributed by atoms with van der Waals surface area (Å²) in [7, 11) is 1.54. The molecule has 2 N–H and O–H groups in total. The molecule has 7 nitrogen and oxygen atoms in total. The van der Waals surface area contributed by atoms with Gasteiger partial charge >= 0.3 is 5.76 Å². The molecule has 1 rings (SSSR count). The monoisotopic (exact) mass is 288 g/mol. The van der Waals surface area contributed by atoms with Crippen LogP contribution in [0.1, 0.15) is 39.5 Å². The number of aromatic amines is 1. The molecule has 0 fully saturated rings. The fraction of sp³-hybridized carbons (Fsp3) is 0.636. The molecule has 0 saturated carbocycles. The van der Waals surface area contributed by atoms with Crippen LogP contribution in [-0.2, 0) is 4.84 Å². The maximum atomic E-state index is 10.3. The number of H-pyrrole nitrogens is 1. The smallest absolute Gasteiger partial charge is 0.392 e. The van der Waals surface area contributed by atoms with Gasteiger partial charge in [0, 0.05) is 11.8 Å². The minimum atomic E-state index is -0.487. The molecule has 0 spiro atoms. The van der Waals surface area contributed by atoms with Gasteiger partial charge in [0.1, 0.15) is 5.84 Å². The highest BCUT2D eigenvalue weighted by Crippen LogP contribution is 2.05. The lowest BCUT2D eigenvalue weighted by molar-refractivity contribution is 0.141. The summed E-state index contributed by atoms with van der Waals surface area (Å²) in [5.41, 5.74) is 3.96. The second-order valence-electron chi connectivity index (χ2n) is 4.19. The number of thiocarbonyl (C=S) groups is 1. The van der Waals surface area contributed by atoms with Gasteiger partial charge in [-0.25, -0.2) is 14.9 Å². The average Bonchev–Trinajstić information content (AvgIpc) is 2.76. The van der Waals surface area contributed by atoms with Gasteiger partial charge in [-0.05, 0) is 0 Å². The summed E-state index contributed by atoms with van der Waals surface area (Å²) < 4.78 is 4.62. The lowest BCUT2D eigenvalue weighted by Gasteiger charge is -2.08. The van der Waals surface area contributed by atoms with Crippen LogP contribution in [0.5, 0.6) is 0 Å². The van der Waals surface area contributed by atoms with Crippen molar-refractivity contribution in [2.24, 2.45) is 10.9 Å². The molecule has 0 unspecified atom stereocenters. The number of hydroxylamine groups is 1. The first kappa shape index (κ1) is 17.5. The Morgan fingerprint density at radius 1 is 1.53 bits per heavy atom. The zero-order chi connectivity index (χ0) is 14.8. The molecule has 0 aliphatic heterocycles. The van der Waals surface area contributed by atoms with Gasteiger partial charge in [-0.3, -0.25) is 10.3 Å². The van der Waals surface area contributed by atoms with E-state index in [0.717, 1.165) is 5.84 Å². The lowest BCUT2D eigenvalue weighted by atomic mass is 10.2. The SMILES string of the molecule is CC(C)c1n[nH]c(=O)o1.CONC(=NC=S)C(C)C. The van der Waals surface area contributed by atoms with Crippen LogP contribution in [0.15, 0.2) is 14.2 Å². The molecule has 0 amide bonds. The molecular weight excluding hydrogens is 268 g/mol. The maximum Gasteiger partial charge on any atom is 0.434 e. The van der Waals surface area contributed by atoms with Crippen LogP contribution in [0.25, 0.3) is 0 Å². The highest BCUT2D eigenvalue weighted by Gasteiger charge is 2.04. The van der Waals surface area contributed by atoms with Crippen LogP contribution in [0.3, 0.4) is 0 Å². The average molecular weight is 288 g/mol. The summed E-state index contributed by atoms with van der Waals surface area (Å²) >= 11 is 4.55. The van der Waals surface area contributed by atoms with Gasteiger partial charge < -0.3 is 4.42 Å². The van der Waals surface area contributed by atoms with E-state index in [1.54, 1.807) is 7.11 Å². The Morgan fingerprint density at radius 2 is 2.16 bits per heavy atom. The zero-order valence-corrected chi connectivity index (χ0v) is 12.6. The van der Waals surface area contributed by atoms with Crippen molar-refractivity contribution in [2.75, 3.05) is 7.11 Å². The Kier molecular flexibility index (Phi) is 8.64. The van der Waals surface area contributed by atoms with E-state index < -0.39 is 5.76 Å². The second-order valence-corrected chi connectivity index (χ2v) is 4.40. The van der Waals surface area contributed by atoms with Crippen LogP contribution in [0, 0.1) is 5.92 Å². The number of amidine groups is 1. The minimum absolute atomic E-state index is 0.170. The standard InChI is InChI=1S/C6H12N2OS.C5H8N2O2/c1-5(2)6(7-4-10)8-9-3;1-3(2)4-6-7-5(8)9-4/h4-5H,1-3H3,(H,7,8,10);3H,1-2H3,(H,7,8). The summed E-state index contributed by atoms with van der Waals surface area (Å²) in [6.45, 7) is 7.81. The zero-order valence-electron chi connectivity index (χ0n) is 11.8. The van der Waals surface area contributed by atoms with Crippen molar-refractivity contribution >= 4 is 23.5 Å². The summed E-state index contributed by atoms with van der Waals surface area (Å²) in [6, 6.07) is 0. The van der Waals surface area contributed by atoms with Crippen molar-refractivity contribution in [3.8, 4) is 0 Å². The van der Waals surface area contributed by atoms with Crippen molar-refractivity contribution in [2.45, 2.75) is 33.6 Å². The van der Waals surface area contributed by atoms with Gasteiger partial charge in [-0.2, -0.15) is 0 Å². The van der Waals surface area contributed by atoms with Crippen molar-refractivity contribution in [1.29, 1.82) is 0 Å². The van der Waals surface area contributed by atoms with Gasteiger partial charge in [0.05, 0.1) is 12.6 Å². The fourth-order valence-corrected chi connectivity index (χ4v) is 1.06. The number of nitrogens with one attached hydrogen (secondary N) is 2. The number of aromatic nitrogens is 2. The first-order valence-electron chi connectivity index (χ1n) is 5.78. The minimum Gasteiger partial charge on any atom is -0.392 e. The molecule has 0 radical (unpaired) electrons. The molecule has 0 aromatic carbocycles. The van der Waals surface area contributed by atoms with Crippen molar-refractivity contribution < 1.29 is 9.25 Å². The Balaban J connectivity index is 0.000000342. The van der Waals surface area contributed by atoms with E-state index in [1.165, 1.54) is 5.49 Å². The third-order valence-electron chi connectivity index (χ3n) is 1.89. The molecule has 0 aliphatic carbocycles.